The van der Waals surface area contributed by atoms with Gasteiger partial charge in [-0.1, -0.05) is 84.0 Å². The predicted molar refractivity (Wildman–Crippen MR) is 105 cm³/mol. The zero-order valence-electron chi connectivity index (χ0n) is 16.9. The molecule has 0 aliphatic heterocycles. The third-order valence-electron chi connectivity index (χ3n) is 5.35. The Morgan fingerprint density at radius 3 is 1.58 bits per heavy atom. The highest BCUT2D eigenvalue weighted by Crippen LogP contribution is 2.12. The summed E-state index contributed by atoms with van der Waals surface area (Å²) in [4.78, 5) is 0. The van der Waals surface area contributed by atoms with Gasteiger partial charge in [-0.25, -0.2) is 9.13 Å². The molecule has 0 unspecified atom stereocenters. The molecule has 24 heavy (non-hydrogen) atoms. The van der Waals surface area contributed by atoms with Crippen LogP contribution in [0.25, 0.3) is 0 Å². The van der Waals surface area contributed by atoms with Crippen LogP contribution in [-0.4, -0.2) is 4.57 Å². The normalized spacial score (nSPS) is 11.3. The fraction of sp³-hybridized carbons (Fsp3) is 0.864. The molecule has 0 spiro atoms. The average molecular weight is 336 g/mol. The number of imidazole rings is 1. The number of unbranched alkanes of at least 4 members (excludes halogenated alkanes) is 13. The highest BCUT2D eigenvalue weighted by atomic mass is 15.1. The fourth-order valence-corrected chi connectivity index (χ4v) is 3.59. The van der Waals surface area contributed by atoms with Gasteiger partial charge in [0, 0.05) is 6.92 Å². The summed E-state index contributed by atoms with van der Waals surface area (Å²) in [6.45, 7) is 9.01. The molecule has 0 N–H and O–H groups in total. The molecule has 1 aromatic heterocycles. The smallest absolute Gasteiger partial charge is 0.235 e. The van der Waals surface area contributed by atoms with Crippen molar-refractivity contribution < 1.29 is 4.57 Å². The molecular formula is C22H43N2+. The topological polar surface area (TPSA) is 8.81 Å². The molecule has 1 heterocycles. The maximum atomic E-state index is 2.41. The van der Waals surface area contributed by atoms with Crippen LogP contribution >= 0.6 is 0 Å². The lowest BCUT2D eigenvalue weighted by Crippen LogP contribution is -2.35. The molecule has 0 atom stereocenters. The third kappa shape index (κ3) is 9.49. The molecule has 0 saturated carbocycles. The third-order valence-corrected chi connectivity index (χ3v) is 5.35. The van der Waals surface area contributed by atoms with Crippen molar-refractivity contribution in [2.24, 2.45) is 0 Å². The zero-order valence-corrected chi connectivity index (χ0v) is 16.9. The van der Waals surface area contributed by atoms with Crippen LogP contribution in [-0.2, 0) is 13.1 Å². The van der Waals surface area contributed by atoms with Crippen molar-refractivity contribution in [3.63, 3.8) is 0 Å². The van der Waals surface area contributed by atoms with Gasteiger partial charge in [0.15, 0.2) is 0 Å². The van der Waals surface area contributed by atoms with Crippen molar-refractivity contribution in [2.45, 2.75) is 124 Å². The summed E-state index contributed by atoms with van der Waals surface area (Å²) in [6.07, 6.45) is 24.5. The lowest BCUT2D eigenvalue weighted by atomic mass is 10.0. The predicted octanol–water partition coefficient (Wildman–Crippen LogP) is 6.59. The summed E-state index contributed by atoms with van der Waals surface area (Å²) in [5.41, 5.74) is 0. The van der Waals surface area contributed by atoms with Crippen LogP contribution in [0.1, 0.15) is 110 Å². The van der Waals surface area contributed by atoms with Crippen LogP contribution < -0.4 is 4.57 Å². The summed E-state index contributed by atoms with van der Waals surface area (Å²) < 4.78 is 4.73. The first kappa shape index (κ1) is 21.3. The Morgan fingerprint density at radius 2 is 1.17 bits per heavy atom. The van der Waals surface area contributed by atoms with Gasteiger partial charge < -0.3 is 0 Å². The summed E-state index contributed by atoms with van der Waals surface area (Å²) >= 11 is 0. The van der Waals surface area contributed by atoms with E-state index in [0.717, 1.165) is 6.54 Å². The second-order valence-electron chi connectivity index (χ2n) is 7.42. The summed E-state index contributed by atoms with van der Waals surface area (Å²) in [6, 6.07) is 0. The number of rotatable bonds is 16. The van der Waals surface area contributed by atoms with Gasteiger partial charge >= 0.3 is 0 Å². The minimum atomic E-state index is 1.08. The number of aromatic nitrogens is 2. The Labute approximate surface area is 151 Å². The van der Waals surface area contributed by atoms with E-state index in [4.69, 9.17) is 0 Å². The Balaban J connectivity index is 1.83. The van der Waals surface area contributed by atoms with E-state index in [2.05, 4.69) is 42.3 Å². The van der Waals surface area contributed by atoms with Crippen LogP contribution in [0.4, 0.5) is 0 Å². The first-order valence-electron chi connectivity index (χ1n) is 10.8. The Hall–Kier alpha value is -0.790. The van der Waals surface area contributed by atoms with Gasteiger partial charge in [-0.3, -0.25) is 0 Å². The van der Waals surface area contributed by atoms with Crippen LogP contribution in [0.15, 0.2) is 12.4 Å². The van der Waals surface area contributed by atoms with E-state index < -0.39 is 0 Å². The summed E-state index contributed by atoms with van der Waals surface area (Å²) in [5.74, 6) is 1.40. The lowest BCUT2D eigenvalue weighted by Gasteiger charge is -2.03. The monoisotopic (exact) mass is 335 g/mol. The minimum Gasteiger partial charge on any atom is -0.235 e. The van der Waals surface area contributed by atoms with Gasteiger partial charge in [-0.15, -0.1) is 0 Å². The summed E-state index contributed by atoms with van der Waals surface area (Å²) in [7, 11) is 0. The number of nitrogens with zero attached hydrogens (tertiary/aromatic N) is 2. The molecular weight excluding hydrogens is 292 g/mol. The van der Waals surface area contributed by atoms with Crippen molar-refractivity contribution in [1.29, 1.82) is 0 Å². The minimum absolute atomic E-state index is 1.08. The van der Waals surface area contributed by atoms with Gasteiger partial charge in [-0.2, -0.15) is 0 Å². The van der Waals surface area contributed by atoms with E-state index in [-0.39, 0.29) is 0 Å². The summed E-state index contributed by atoms with van der Waals surface area (Å²) in [5, 5.41) is 0. The second kappa shape index (κ2) is 14.5. The SMILES string of the molecule is CCCCCCCCCCCCCCCC[n+]1ccn(CC)c1C. The fourth-order valence-electron chi connectivity index (χ4n) is 3.59. The van der Waals surface area contributed by atoms with Gasteiger partial charge in [0.05, 0.1) is 13.1 Å². The maximum absolute atomic E-state index is 2.41. The van der Waals surface area contributed by atoms with E-state index in [1.165, 1.54) is 102 Å². The molecule has 0 saturated heterocycles. The molecule has 0 radical (unpaired) electrons. The molecule has 1 aromatic rings. The van der Waals surface area contributed by atoms with Gasteiger partial charge in [-0.05, 0) is 19.8 Å². The lowest BCUT2D eigenvalue weighted by molar-refractivity contribution is -0.702. The Kier molecular flexibility index (Phi) is 12.9. The van der Waals surface area contributed by atoms with E-state index in [0.29, 0.717) is 0 Å². The highest BCUT2D eigenvalue weighted by Gasteiger charge is 2.09. The molecule has 0 aromatic carbocycles. The molecule has 0 fully saturated rings. The van der Waals surface area contributed by atoms with Crippen molar-refractivity contribution in [3.05, 3.63) is 18.2 Å². The van der Waals surface area contributed by atoms with Crippen molar-refractivity contribution >= 4 is 0 Å². The zero-order chi connectivity index (χ0) is 17.5. The highest BCUT2D eigenvalue weighted by molar-refractivity contribution is 4.78. The average Bonchev–Trinajstić information content (AvgIpc) is 2.95. The Morgan fingerprint density at radius 1 is 0.708 bits per heavy atom. The van der Waals surface area contributed by atoms with Crippen LogP contribution in [0.2, 0.25) is 0 Å². The van der Waals surface area contributed by atoms with Gasteiger partial charge in [0.2, 0.25) is 0 Å². The number of hydrogen-bond donors (Lipinski definition) is 0. The van der Waals surface area contributed by atoms with Crippen LogP contribution in [0.5, 0.6) is 0 Å². The molecule has 0 aliphatic rings. The number of hydrogen-bond acceptors (Lipinski definition) is 0. The molecule has 140 valence electrons. The van der Waals surface area contributed by atoms with E-state index >= 15 is 0 Å². The van der Waals surface area contributed by atoms with E-state index in [9.17, 15) is 0 Å². The first-order chi connectivity index (χ1) is 11.8. The van der Waals surface area contributed by atoms with Gasteiger partial charge in [0.1, 0.15) is 12.4 Å². The number of aryl methyl sites for hydroxylation is 2. The van der Waals surface area contributed by atoms with E-state index in [1.54, 1.807) is 0 Å². The van der Waals surface area contributed by atoms with Crippen LogP contribution in [0.3, 0.4) is 0 Å². The maximum Gasteiger partial charge on any atom is 0.253 e. The molecule has 0 aliphatic carbocycles. The Bertz CT molecular complexity index is 395. The van der Waals surface area contributed by atoms with E-state index in [1.807, 2.05) is 0 Å². The molecule has 0 bridgehead atoms. The largest absolute Gasteiger partial charge is 0.253 e. The molecule has 2 heteroatoms. The van der Waals surface area contributed by atoms with Gasteiger partial charge in [0.25, 0.3) is 5.82 Å². The molecule has 1 rings (SSSR count). The first-order valence-corrected chi connectivity index (χ1v) is 10.8. The van der Waals surface area contributed by atoms with Crippen molar-refractivity contribution in [1.82, 2.24) is 4.57 Å². The van der Waals surface area contributed by atoms with Crippen LogP contribution in [0, 0.1) is 6.92 Å². The molecule has 0 amide bonds. The molecule has 2 nitrogen and oxygen atoms in total. The quantitative estimate of drug-likeness (QED) is 0.238. The second-order valence-corrected chi connectivity index (χ2v) is 7.42. The van der Waals surface area contributed by atoms with Crippen molar-refractivity contribution in [3.8, 4) is 0 Å². The van der Waals surface area contributed by atoms with Crippen molar-refractivity contribution in [2.75, 3.05) is 0 Å². The standard InChI is InChI=1S/C22H43N2/c1-4-6-7-8-9-10-11-12-13-14-15-16-17-18-19-24-21-20-23(5-2)22(24)3/h20-21H,4-19H2,1-3H3/q+1.